The van der Waals surface area contributed by atoms with Gasteiger partial charge in [-0.05, 0) is 65.8 Å². The number of aromatic nitrogens is 2. The number of carbonyl (C=O) groups excluding carboxylic acids is 3. The number of halogens is 2. The normalized spacial score (nSPS) is 11.3. The van der Waals surface area contributed by atoms with E-state index in [2.05, 4.69) is 15.3 Å². The molecule has 1 N–H and O–H groups in total. The molecule has 3 rings (SSSR count). The van der Waals surface area contributed by atoms with Crippen LogP contribution in [0.15, 0.2) is 48.8 Å². The summed E-state index contributed by atoms with van der Waals surface area (Å²) in [5.74, 6) is -1.92. The lowest BCUT2D eigenvalue weighted by molar-refractivity contribution is 0.0428. The van der Waals surface area contributed by atoms with Crippen LogP contribution in [0.2, 0.25) is 5.02 Å². The molecule has 0 spiro atoms. The first-order chi connectivity index (χ1) is 19.1. The lowest BCUT2D eigenvalue weighted by Gasteiger charge is -2.28. The molecule has 2 amide bonds. The van der Waals surface area contributed by atoms with Crippen LogP contribution in [0.3, 0.4) is 0 Å². The molecule has 0 saturated carbocycles. The van der Waals surface area contributed by atoms with Crippen molar-refractivity contribution in [1.82, 2.24) is 9.97 Å². The lowest BCUT2D eigenvalue weighted by Crippen LogP contribution is -2.44. The van der Waals surface area contributed by atoms with E-state index in [0.29, 0.717) is 4.90 Å². The summed E-state index contributed by atoms with van der Waals surface area (Å²) in [6.07, 6.45) is 0.520. The summed E-state index contributed by atoms with van der Waals surface area (Å²) >= 11 is 6.50. The Labute approximate surface area is 241 Å². The average Bonchev–Trinajstić information content (AvgIpc) is 2.85. The fourth-order valence-electron chi connectivity index (χ4n) is 3.21. The van der Waals surface area contributed by atoms with Gasteiger partial charge in [0.2, 0.25) is 0 Å². The molecule has 3 aromatic rings. The largest absolute Gasteiger partial charge is 0.465 e. The number of hydrogen-bond acceptors (Lipinski definition) is 10. The van der Waals surface area contributed by atoms with Gasteiger partial charge in [-0.1, -0.05) is 11.6 Å². The molecule has 0 fully saturated rings. The van der Waals surface area contributed by atoms with E-state index in [9.17, 15) is 14.4 Å². The smallest absolute Gasteiger partial charge is 0.425 e. The number of esters is 1. The standard InChI is InChI=1S/C28H30ClFN4O7/c1-27(2,3)40-25(36)34(26(37)41-28(4,5)6)23-21(29)20(12-14-32-23)39-19-11-10-16(15-18(19)30)33-22-17(24(35)38-7)9-8-13-31-22/h8-15H,1-7H3,(H,31,33). The first kappa shape index (κ1) is 31.1. The fourth-order valence-corrected chi connectivity index (χ4v) is 3.44. The minimum Gasteiger partial charge on any atom is -0.465 e. The number of nitrogens with one attached hydrogen (secondary N) is 1. The molecule has 0 radical (unpaired) electrons. The molecule has 0 atom stereocenters. The number of ether oxygens (including phenoxy) is 4. The predicted octanol–water partition coefficient (Wildman–Crippen LogP) is 7.27. The van der Waals surface area contributed by atoms with E-state index in [1.807, 2.05) is 0 Å². The molecule has 1 aromatic carbocycles. The molecule has 0 saturated heterocycles. The maximum atomic E-state index is 15.1. The van der Waals surface area contributed by atoms with E-state index >= 15 is 4.39 Å². The molecular formula is C28H30ClFN4O7. The Kier molecular flexibility index (Phi) is 9.38. The number of benzene rings is 1. The van der Waals surface area contributed by atoms with Crippen molar-refractivity contribution in [2.75, 3.05) is 17.3 Å². The highest BCUT2D eigenvalue weighted by Gasteiger charge is 2.35. The number of imide groups is 1. The average molecular weight is 589 g/mol. The van der Waals surface area contributed by atoms with Crippen LogP contribution in [0.25, 0.3) is 0 Å². The first-order valence-corrected chi connectivity index (χ1v) is 12.7. The monoisotopic (exact) mass is 588 g/mol. The third-order valence-electron chi connectivity index (χ3n) is 4.83. The summed E-state index contributed by atoms with van der Waals surface area (Å²) in [5.41, 5.74) is -1.49. The van der Waals surface area contributed by atoms with E-state index in [1.54, 1.807) is 47.6 Å². The summed E-state index contributed by atoms with van der Waals surface area (Å²) in [6, 6.07) is 8.32. The van der Waals surface area contributed by atoms with E-state index in [4.69, 9.17) is 30.5 Å². The summed E-state index contributed by atoms with van der Waals surface area (Å²) in [7, 11) is 1.24. The number of rotatable bonds is 6. The molecule has 0 bridgehead atoms. The fraction of sp³-hybridized carbons (Fsp3) is 0.321. The van der Waals surface area contributed by atoms with Crippen molar-refractivity contribution in [2.24, 2.45) is 0 Å². The quantitative estimate of drug-likeness (QED) is 0.232. The van der Waals surface area contributed by atoms with Crippen LogP contribution in [0.5, 0.6) is 11.5 Å². The van der Waals surface area contributed by atoms with Crippen molar-refractivity contribution in [3.05, 3.63) is 65.2 Å². The second-order valence-corrected chi connectivity index (χ2v) is 10.9. The molecule has 13 heteroatoms. The van der Waals surface area contributed by atoms with Crippen molar-refractivity contribution >= 4 is 47.1 Å². The number of carbonyl (C=O) groups is 3. The highest BCUT2D eigenvalue weighted by atomic mass is 35.5. The van der Waals surface area contributed by atoms with Crippen LogP contribution in [0, 0.1) is 5.82 Å². The SMILES string of the molecule is COC(=O)c1cccnc1Nc1ccc(Oc2ccnc(N(C(=O)OC(C)(C)C)C(=O)OC(C)(C)C)c2Cl)c(F)c1. The molecule has 0 aliphatic heterocycles. The van der Waals surface area contributed by atoms with Gasteiger partial charge in [-0.2, -0.15) is 4.90 Å². The Morgan fingerprint density at radius 2 is 1.54 bits per heavy atom. The third-order valence-corrected chi connectivity index (χ3v) is 5.18. The van der Waals surface area contributed by atoms with Crippen LogP contribution in [-0.4, -0.2) is 46.4 Å². The van der Waals surface area contributed by atoms with Crippen molar-refractivity contribution in [1.29, 1.82) is 0 Å². The van der Waals surface area contributed by atoms with E-state index < -0.39 is 35.2 Å². The number of amides is 2. The van der Waals surface area contributed by atoms with E-state index in [0.717, 1.165) is 6.07 Å². The number of hydrogen-bond donors (Lipinski definition) is 1. The van der Waals surface area contributed by atoms with E-state index in [1.165, 1.54) is 43.8 Å². The van der Waals surface area contributed by atoms with Crippen molar-refractivity contribution in [2.45, 2.75) is 52.7 Å². The van der Waals surface area contributed by atoms with Crippen LogP contribution >= 0.6 is 11.6 Å². The molecule has 11 nitrogen and oxygen atoms in total. The summed E-state index contributed by atoms with van der Waals surface area (Å²) in [6.45, 7) is 9.74. The van der Waals surface area contributed by atoms with Crippen LogP contribution in [0.1, 0.15) is 51.9 Å². The molecule has 2 aromatic heterocycles. The van der Waals surface area contributed by atoms with Gasteiger partial charge >= 0.3 is 18.2 Å². The van der Waals surface area contributed by atoms with Gasteiger partial charge in [0.25, 0.3) is 0 Å². The lowest BCUT2D eigenvalue weighted by atomic mass is 10.2. The Morgan fingerprint density at radius 1 is 0.902 bits per heavy atom. The van der Waals surface area contributed by atoms with Crippen LogP contribution in [0.4, 0.5) is 31.3 Å². The summed E-state index contributed by atoms with van der Waals surface area (Å²) in [4.78, 5) is 46.7. The topological polar surface area (TPSA) is 129 Å². The highest BCUT2D eigenvalue weighted by molar-refractivity contribution is 6.35. The first-order valence-electron chi connectivity index (χ1n) is 12.3. The molecule has 0 aliphatic carbocycles. The molecular weight excluding hydrogens is 559 g/mol. The number of nitrogens with zero attached hydrogens (tertiary/aromatic N) is 3. The van der Waals surface area contributed by atoms with Crippen LogP contribution in [-0.2, 0) is 14.2 Å². The van der Waals surface area contributed by atoms with Gasteiger partial charge in [-0.15, -0.1) is 0 Å². The molecule has 0 aliphatic rings. The Bertz CT molecular complexity index is 1430. The Balaban J connectivity index is 1.92. The van der Waals surface area contributed by atoms with Gasteiger partial charge < -0.3 is 24.3 Å². The van der Waals surface area contributed by atoms with Crippen molar-refractivity contribution in [3.63, 3.8) is 0 Å². The van der Waals surface area contributed by atoms with Gasteiger partial charge in [0, 0.05) is 30.2 Å². The third kappa shape index (κ3) is 8.27. The molecule has 41 heavy (non-hydrogen) atoms. The maximum Gasteiger partial charge on any atom is 0.425 e. The van der Waals surface area contributed by atoms with Gasteiger partial charge in [0.15, 0.2) is 23.1 Å². The van der Waals surface area contributed by atoms with Gasteiger partial charge in [-0.25, -0.2) is 28.7 Å². The second kappa shape index (κ2) is 12.4. The van der Waals surface area contributed by atoms with Crippen molar-refractivity contribution < 1.29 is 37.7 Å². The van der Waals surface area contributed by atoms with Crippen molar-refractivity contribution in [3.8, 4) is 11.5 Å². The zero-order chi connectivity index (χ0) is 30.5. The zero-order valence-corrected chi connectivity index (χ0v) is 24.3. The number of pyridine rings is 2. The minimum absolute atomic E-state index is 0.105. The summed E-state index contributed by atoms with van der Waals surface area (Å²) < 4.78 is 36.2. The van der Waals surface area contributed by atoms with Gasteiger partial charge in [0.1, 0.15) is 27.6 Å². The highest BCUT2D eigenvalue weighted by Crippen LogP contribution is 2.38. The van der Waals surface area contributed by atoms with E-state index in [-0.39, 0.29) is 39.4 Å². The van der Waals surface area contributed by atoms with Crippen LogP contribution < -0.4 is 15.0 Å². The second-order valence-electron chi connectivity index (χ2n) is 10.5. The number of anilines is 3. The Morgan fingerprint density at radius 3 is 2.10 bits per heavy atom. The molecule has 218 valence electrons. The molecule has 0 unspecified atom stereocenters. The molecule has 2 heterocycles. The van der Waals surface area contributed by atoms with Gasteiger partial charge in [0.05, 0.1) is 7.11 Å². The Hall–Kier alpha value is -4.45. The van der Waals surface area contributed by atoms with Gasteiger partial charge in [-0.3, -0.25) is 0 Å². The number of methoxy groups -OCH3 is 1. The summed E-state index contributed by atoms with van der Waals surface area (Å²) in [5, 5.41) is 2.59. The minimum atomic E-state index is -1.08. The predicted molar refractivity (Wildman–Crippen MR) is 150 cm³/mol. The zero-order valence-electron chi connectivity index (χ0n) is 23.6. The maximum absolute atomic E-state index is 15.1.